The first-order valence-corrected chi connectivity index (χ1v) is 11.0. The summed E-state index contributed by atoms with van der Waals surface area (Å²) in [7, 11) is 1.97. The summed E-state index contributed by atoms with van der Waals surface area (Å²) in [6, 6.07) is 17.2. The van der Waals surface area contributed by atoms with E-state index >= 15 is 0 Å². The average molecular weight is 422 g/mol. The Labute approximate surface area is 184 Å². The van der Waals surface area contributed by atoms with E-state index in [4.69, 9.17) is 14.7 Å². The van der Waals surface area contributed by atoms with Crippen LogP contribution < -0.4 is 4.90 Å². The van der Waals surface area contributed by atoms with Crippen molar-refractivity contribution < 1.29 is 4.74 Å². The van der Waals surface area contributed by atoms with Crippen LogP contribution >= 0.6 is 0 Å². The molecule has 2 saturated heterocycles. The molecule has 3 aromatic heterocycles. The zero-order valence-corrected chi connectivity index (χ0v) is 17.7. The lowest BCUT2D eigenvalue weighted by Crippen LogP contribution is -2.37. The second-order valence-corrected chi connectivity index (χ2v) is 8.68. The molecule has 2 aliphatic rings. The fourth-order valence-corrected chi connectivity index (χ4v) is 5.21. The molecule has 0 amide bonds. The Morgan fingerprint density at radius 1 is 1.06 bits per heavy atom. The van der Waals surface area contributed by atoms with Crippen LogP contribution in [0.5, 0.6) is 0 Å². The molecule has 2 atom stereocenters. The van der Waals surface area contributed by atoms with Gasteiger partial charge in [-0.05, 0) is 36.8 Å². The molecule has 0 aliphatic carbocycles. The quantitative estimate of drug-likeness (QED) is 0.473. The van der Waals surface area contributed by atoms with Crippen LogP contribution in [0.4, 0.5) is 5.82 Å². The van der Waals surface area contributed by atoms with E-state index in [1.807, 2.05) is 30.2 Å². The van der Waals surface area contributed by atoms with Crippen molar-refractivity contribution >= 4 is 27.6 Å². The average Bonchev–Trinajstić information content (AvgIpc) is 3.62. The Bertz CT molecular complexity index is 1480. The normalized spacial score (nSPS) is 20.1. The van der Waals surface area contributed by atoms with Crippen molar-refractivity contribution in [3.63, 3.8) is 0 Å². The van der Waals surface area contributed by atoms with Crippen molar-refractivity contribution in [2.45, 2.75) is 18.6 Å². The molecule has 5 heterocycles. The van der Waals surface area contributed by atoms with Gasteiger partial charge >= 0.3 is 0 Å². The number of morpholine rings is 1. The number of nitrogens with zero attached hydrogens (tertiary/aromatic N) is 5. The summed E-state index contributed by atoms with van der Waals surface area (Å²) < 4.78 is 7.77. The maximum atomic E-state index is 5.88. The number of aromatic nitrogens is 5. The third-order valence-electron chi connectivity index (χ3n) is 6.80. The first-order valence-electron chi connectivity index (χ1n) is 11.0. The van der Waals surface area contributed by atoms with Crippen LogP contribution in [0, 0.1) is 0 Å². The monoisotopic (exact) mass is 422 g/mol. The van der Waals surface area contributed by atoms with Gasteiger partial charge in [0.05, 0.1) is 30.0 Å². The lowest BCUT2D eigenvalue weighted by atomic mass is 10.1. The third kappa shape index (κ3) is 2.61. The number of hydrogen-bond donors (Lipinski definition) is 1. The first kappa shape index (κ1) is 17.9. The minimum absolute atomic E-state index is 0.293. The number of hydrogen-bond acceptors (Lipinski definition) is 5. The van der Waals surface area contributed by atoms with Gasteiger partial charge in [0.2, 0.25) is 0 Å². The van der Waals surface area contributed by atoms with E-state index in [1.54, 1.807) is 0 Å². The summed E-state index contributed by atoms with van der Waals surface area (Å²) in [5, 5.41) is 6.54. The second-order valence-electron chi connectivity index (χ2n) is 8.68. The van der Waals surface area contributed by atoms with Crippen molar-refractivity contribution in [3.8, 4) is 22.6 Å². The van der Waals surface area contributed by atoms with Gasteiger partial charge in [-0.2, -0.15) is 5.10 Å². The molecule has 0 radical (unpaired) electrons. The highest BCUT2D eigenvalue weighted by atomic mass is 16.5. The number of aryl methyl sites for hydroxylation is 1. The van der Waals surface area contributed by atoms with Crippen molar-refractivity contribution in [2.75, 3.05) is 18.1 Å². The van der Waals surface area contributed by atoms with Gasteiger partial charge in [0.25, 0.3) is 0 Å². The summed E-state index contributed by atoms with van der Waals surface area (Å²) in [4.78, 5) is 15.9. The molecule has 1 N–H and O–H groups in total. The molecule has 5 aromatic rings. The molecule has 32 heavy (non-hydrogen) atoms. The van der Waals surface area contributed by atoms with E-state index in [9.17, 15) is 0 Å². The van der Waals surface area contributed by atoms with Crippen LogP contribution in [0.1, 0.15) is 6.42 Å². The molecule has 2 bridgehead atoms. The molecule has 158 valence electrons. The standard InChI is InChI=1S/C25H22N6O/c1-30-23(8-10-27-30)15-5-6-22-20(11-15)25(31-13-17-12-16(31)14-32-17)29-24(28-22)19-3-2-4-21-18(19)7-9-26-21/h2-11,16-17,26H,12-14H2,1H3. The van der Waals surface area contributed by atoms with E-state index in [-0.39, 0.29) is 0 Å². The molecule has 2 aromatic carbocycles. The summed E-state index contributed by atoms with van der Waals surface area (Å²) in [5.41, 5.74) is 5.28. The molecular weight excluding hydrogens is 400 g/mol. The zero-order chi connectivity index (χ0) is 21.2. The van der Waals surface area contributed by atoms with E-state index in [0.29, 0.717) is 12.1 Å². The smallest absolute Gasteiger partial charge is 0.162 e. The van der Waals surface area contributed by atoms with Crippen molar-refractivity contribution in [1.82, 2.24) is 24.7 Å². The van der Waals surface area contributed by atoms with E-state index in [0.717, 1.165) is 69.8 Å². The predicted molar refractivity (Wildman–Crippen MR) is 125 cm³/mol. The predicted octanol–water partition coefficient (Wildman–Crippen LogP) is 4.16. The Hall–Kier alpha value is -3.71. The van der Waals surface area contributed by atoms with Gasteiger partial charge in [0.1, 0.15) is 5.82 Å². The largest absolute Gasteiger partial charge is 0.374 e. The highest BCUT2D eigenvalue weighted by molar-refractivity contribution is 5.98. The minimum atomic E-state index is 0.293. The number of H-pyrrole nitrogens is 1. The maximum Gasteiger partial charge on any atom is 0.162 e. The number of fused-ring (bicyclic) bond motifs is 4. The number of rotatable bonds is 3. The number of ether oxygens (including phenoxy) is 1. The van der Waals surface area contributed by atoms with Gasteiger partial charge in [-0.1, -0.05) is 18.2 Å². The zero-order valence-electron chi connectivity index (χ0n) is 17.7. The lowest BCUT2D eigenvalue weighted by Gasteiger charge is -2.29. The van der Waals surface area contributed by atoms with Gasteiger partial charge in [-0.15, -0.1) is 0 Å². The van der Waals surface area contributed by atoms with Crippen molar-refractivity contribution in [3.05, 3.63) is 60.9 Å². The third-order valence-corrected chi connectivity index (χ3v) is 6.80. The summed E-state index contributed by atoms with van der Waals surface area (Å²) in [5.74, 6) is 1.76. The van der Waals surface area contributed by atoms with Crippen LogP contribution in [0.3, 0.4) is 0 Å². The molecule has 2 aliphatic heterocycles. The Morgan fingerprint density at radius 3 is 2.84 bits per heavy atom. The van der Waals surface area contributed by atoms with Crippen LogP contribution in [-0.4, -0.2) is 50.0 Å². The first-order chi connectivity index (χ1) is 15.7. The molecule has 0 spiro atoms. The highest BCUT2D eigenvalue weighted by Gasteiger charge is 2.40. The number of aromatic amines is 1. The molecule has 2 unspecified atom stereocenters. The summed E-state index contributed by atoms with van der Waals surface area (Å²) >= 11 is 0. The molecule has 0 saturated carbocycles. The lowest BCUT2D eigenvalue weighted by molar-refractivity contribution is 0.0990. The Kier molecular flexibility index (Phi) is 3.72. The molecule has 7 rings (SSSR count). The minimum Gasteiger partial charge on any atom is -0.374 e. The van der Waals surface area contributed by atoms with Gasteiger partial charge in [0, 0.05) is 53.4 Å². The molecular formula is C25H22N6O. The number of benzene rings is 2. The number of anilines is 1. The second kappa shape index (κ2) is 6.64. The molecule has 7 nitrogen and oxygen atoms in total. The fraction of sp³-hybridized carbons (Fsp3) is 0.240. The van der Waals surface area contributed by atoms with Crippen LogP contribution in [0.2, 0.25) is 0 Å². The topological polar surface area (TPSA) is 71.9 Å². The van der Waals surface area contributed by atoms with Crippen molar-refractivity contribution in [2.24, 2.45) is 7.05 Å². The summed E-state index contributed by atoms with van der Waals surface area (Å²) in [6.45, 7) is 1.64. The van der Waals surface area contributed by atoms with Gasteiger partial charge < -0.3 is 14.6 Å². The molecule has 7 heteroatoms. The molecule has 2 fully saturated rings. The van der Waals surface area contributed by atoms with Gasteiger partial charge in [-0.3, -0.25) is 4.68 Å². The summed E-state index contributed by atoms with van der Waals surface area (Å²) in [6.07, 6.45) is 5.15. The SMILES string of the molecule is Cn1nccc1-c1ccc2nc(-c3cccc4[nH]ccc34)nc(N3CC4CC3CO4)c2c1. The Morgan fingerprint density at radius 2 is 2.03 bits per heavy atom. The Balaban J connectivity index is 1.47. The van der Waals surface area contributed by atoms with E-state index < -0.39 is 0 Å². The van der Waals surface area contributed by atoms with Crippen LogP contribution in [0.25, 0.3) is 44.5 Å². The number of nitrogens with one attached hydrogen (secondary N) is 1. The van der Waals surface area contributed by atoms with Gasteiger partial charge in [-0.25, -0.2) is 9.97 Å². The van der Waals surface area contributed by atoms with Crippen LogP contribution in [-0.2, 0) is 11.8 Å². The fourth-order valence-electron chi connectivity index (χ4n) is 5.21. The van der Waals surface area contributed by atoms with E-state index in [2.05, 4.69) is 57.4 Å². The maximum absolute atomic E-state index is 5.88. The van der Waals surface area contributed by atoms with Crippen LogP contribution in [0.15, 0.2) is 60.9 Å². The van der Waals surface area contributed by atoms with Gasteiger partial charge in [0.15, 0.2) is 5.82 Å². The van der Waals surface area contributed by atoms with E-state index in [1.165, 1.54) is 0 Å². The van der Waals surface area contributed by atoms with Crippen molar-refractivity contribution in [1.29, 1.82) is 0 Å². The highest BCUT2D eigenvalue weighted by Crippen LogP contribution is 2.38.